The maximum atomic E-state index is 12.6. The van der Waals surface area contributed by atoms with Crippen molar-refractivity contribution in [1.82, 2.24) is 9.80 Å². The second-order valence-electron chi connectivity index (χ2n) is 8.05. The average molecular weight is 443 g/mol. The Morgan fingerprint density at radius 2 is 1.58 bits per heavy atom. The first kappa shape index (κ1) is 21.4. The summed E-state index contributed by atoms with van der Waals surface area (Å²) in [5.41, 5.74) is 0.963. The van der Waals surface area contributed by atoms with Crippen LogP contribution in [0, 0.1) is 0 Å². The van der Waals surface area contributed by atoms with Gasteiger partial charge in [0.2, 0.25) is 5.91 Å². The third-order valence-electron chi connectivity index (χ3n) is 6.07. The fourth-order valence-corrected chi connectivity index (χ4v) is 5.66. The van der Waals surface area contributed by atoms with Gasteiger partial charge in [0.15, 0.2) is 9.84 Å². The number of sulfone groups is 1. The van der Waals surface area contributed by atoms with Crippen molar-refractivity contribution in [2.75, 3.05) is 18.8 Å². The second-order valence-corrected chi connectivity index (χ2v) is 10.0. The zero-order valence-electron chi connectivity index (χ0n) is 17.4. The molecule has 2 aliphatic heterocycles. The highest BCUT2D eigenvalue weighted by Crippen LogP contribution is 2.35. The highest BCUT2D eigenvalue weighted by atomic mass is 32.2. The van der Waals surface area contributed by atoms with Gasteiger partial charge in [0.05, 0.1) is 10.9 Å². The quantitative estimate of drug-likeness (QED) is 0.711. The molecule has 2 unspecified atom stereocenters. The fraction of sp³-hybridized carbons (Fsp3) is 0.391. The van der Waals surface area contributed by atoms with Crippen molar-refractivity contribution in [2.24, 2.45) is 0 Å². The molecule has 31 heavy (non-hydrogen) atoms. The zero-order valence-corrected chi connectivity index (χ0v) is 18.2. The molecule has 2 atom stereocenters. The molecule has 0 aromatic heterocycles. The Bertz CT molecular complexity index is 1030. The van der Waals surface area contributed by atoms with Crippen LogP contribution in [0.5, 0.6) is 0 Å². The molecular formula is C23H26N2O5S. The number of amides is 2. The van der Waals surface area contributed by atoms with E-state index >= 15 is 0 Å². The summed E-state index contributed by atoms with van der Waals surface area (Å²) in [6.07, 6.45) is 0.540. The number of piperidine rings is 1. The van der Waals surface area contributed by atoms with E-state index in [0.29, 0.717) is 25.9 Å². The van der Waals surface area contributed by atoms with Crippen LogP contribution in [0.3, 0.4) is 0 Å². The van der Waals surface area contributed by atoms with Crippen LogP contribution < -0.4 is 0 Å². The number of hydrogen-bond acceptors (Lipinski definition) is 5. The van der Waals surface area contributed by atoms with Crippen molar-refractivity contribution in [3.63, 3.8) is 0 Å². The lowest BCUT2D eigenvalue weighted by Gasteiger charge is -2.37. The SMILES string of the molecule is CC1C(c2ccccc2)OC(=O)N1C1CCN(C(=O)CS(=O)(=O)c2ccccc2)CC1. The molecule has 2 saturated heterocycles. The Hall–Kier alpha value is -2.87. The van der Waals surface area contributed by atoms with Gasteiger partial charge >= 0.3 is 6.09 Å². The zero-order chi connectivity index (χ0) is 22.0. The highest BCUT2D eigenvalue weighted by molar-refractivity contribution is 7.92. The van der Waals surface area contributed by atoms with Crippen LogP contribution in [-0.4, -0.2) is 61.1 Å². The van der Waals surface area contributed by atoms with Gasteiger partial charge in [0.25, 0.3) is 0 Å². The minimum absolute atomic E-state index is 0.0361. The monoisotopic (exact) mass is 442 g/mol. The number of carbonyl (C=O) groups excluding carboxylic acids is 2. The molecule has 0 bridgehead atoms. The Balaban J connectivity index is 1.36. The Morgan fingerprint density at radius 1 is 1.00 bits per heavy atom. The lowest BCUT2D eigenvalue weighted by Crippen LogP contribution is -2.50. The molecule has 2 fully saturated rings. The third-order valence-corrected chi connectivity index (χ3v) is 7.69. The summed E-state index contributed by atoms with van der Waals surface area (Å²) >= 11 is 0. The molecule has 2 aliphatic rings. The van der Waals surface area contributed by atoms with E-state index in [1.807, 2.05) is 37.3 Å². The molecule has 2 heterocycles. The summed E-state index contributed by atoms with van der Waals surface area (Å²) < 4.78 is 30.6. The Kier molecular flexibility index (Phi) is 6.00. The second kappa shape index (κ2) is 8.70. The lowest BCUT2D eigenvalue weighted by atomic mass is 9.98. The smallest absolute Gasteiger partial charge is 0.411 e. The van der Waals surface area contributed by atoms with E-state index in [0.717, 1.165) is 5.56 Å². The number of cyclic esters (lactones) is 1. The summed E-state index contributed by atoms with van der Waals surface area (Å²) in [5, 5.41) is 0. The number of likely N-dealkylation sites (tertiary alicyclic amines) is 1. The molecule has 0 radical (unpaired) electrons. The molecular weight excluding hydrogens is 416 g/mol. The van der Waals surface area contributed by atoms with Gasteiger partial charge in [-0.2, -0.15) is 0 Å². The average Bonchev–Trinajstić information content (AvgIpc) is 3.08. The van der Waals surface area contributed by atoms with Crippen LogP contribution in [0.2, 0.25) is 0 Å². The summed E-state index contributed by atoms with van der Waals surface area (Å²) in [6.45, 7) is 2.81. The standard InChI is InChI=1S/C23H26N2O5S/c1-17-22(18-8-4-2-5-9-18)30-23(27)25(17)19-12-14-24(15-13-19)21(26)16-31(28,29)20-10-6-3-7-11-20/h2-11,17,19,22H,12-16H2,1H3. The van der Waals surface area contributed by atoms with E-state index < -0.39 is 21.5 Å². The van der Waals surface area contributed by atoms with Crippen molar-refractivity contribution in [1.29, 1.82) is 0 Å². The van der Waals surface area contributed by atoms with E-state index in [1.165, 1.54) is 12.1 Å². The van der Waals surface area contributed by atoms with Gasteiger partial charge in [-0.05, 0) is 37.5 Å². The van der Waals surface area contributed by atoms with Crippen LogP contribution in [0.15, 0.2) is 65.6 Å². The van der Waals surface area contributed by atoms with Crippen LogP contribution in [-0.2, 0) is 19.4 Å². The van der Waals surface area contributed by atoms with E-state index in [9.17, 15) is 18.0 Å². The van der Waals surface area contributed by atoms with Gasteiger partial charge in [0, 0.05) is 19.1 Å². The molecule has 8 heteroatoms. The first-order chi connectivity index (χ1) is 14.9. The molecule has 0 spiro atoms. The predicted octanol–water partition coefficient (Wildman–Crippen LogP) is 3.03. The summed E-state index contributed by atoms with van der Waals surface area (Å²) in [6, 6.07) is 17.5. The van der Waals surface area contributed by atoms with Gasteiger partial charge in [-0.15, -0.1) is 0 Å². The minimum Gasteiger partial charge on any atom is -0.439 e. The third kappa shape index (κ3) is 4.44. The molecule has 2 amide bonds. The van der Waals surface area contributed by atoms with Gasteiger partial charge in [-0.1, -0.05) is 48.5 Å². The van der Waals surface area contributed by atoms with E-state index in [1.54, 1.807) is 28.0 Å². The molecule has 2 aromatic rings. The molecule has 0 aliphatic carbocycles. The van der Waals surface area contributed by atoms with Crippen molar-refractivity contribution in [3.8, 4) is 0 Å². The number of benzene rings is 2. The van der Waals surface area contributed by atoms with Crippen molar-refractivity contribution in [3.05, 3.63) is 66.2 Å². The summed E-state index contributed by atoms with van der Waals surface area (Å²) in [7, 11) is -3.67. The Labute approximate surface area is 182 Å². The van der Waals surface area contributed by atoms with E-state index in [4.69, 9.17) is 4.74 Å². The largest absolute Gasteiger partial charge is 0.439 e. The normalized spacial score (nSPS) is 22.4. The van der Waals surface area contributed by atoms with Crippen LogP contribution in [0.25, 0.3) is 0 Å². The van der Waals surface area contributed by atoms with Crippen LogP contribution in [0.1, 0.15) is 31.4 Å². The molecule has 164 valence electrons. The predicted molar refractivity (Wildman–Crippen MR) is 115 cm³/mol. The summed E-state index contributed by atoms with van der Waals surface area (Å²) in [5.74, 6) is -0.943. The molecule has 4 rings (SSSR count). The number of rotatable bonds is 5. The first-order valence-corrected chi connectivity index (χ1v) is 12.1. The van der Waals surface area contributed by atoms with E-state index in [-0.39, 0.29) is 29.2 Å². The van der Waals surface area contributed by atoms with Gasteiger partial charge in [0.1, 0.15) is 11.9 Å². The van der Waals surface area contributed by atoms with Gasteiger partial charge in [-0.25, -0.2) is 13.2 Å². The topological polar surface area (TPSA) is 84.0 Å². The first-order valence-electron chi connectivity index (χ1n) is 10.5. The van der Waals surface area contributed by atoms with Crippen molar-refractivity contribution in [2.45, 2.75) is 42.8 Å². The fourth-order valence-electron chi connectivity index (χ4n) is 4.41. The lowest BCUT2D eigenvalue weighted by molar-refractivity contribution is -0.129. The summed E-state index contributed by atoms with van der Waals surface area (Å²) in [4.78, 5) is 28.7. The highest BCUT2D eigenvalue weighted by Gasteiger charge is 2.44. The molecule has 2 aromatic carbocycles. The van der Waals surface area contributed by atoms with Crippen LogP contribution in [0.4, 0.5) is 4.79 Å². The maximum absolute atomic E-state index is 12.6. The van der Waals surface area contributed by atoms with Gasteiger partial charge in [-0.3, -0.25) is 9.69 Å². The molecule has 0 N–H and O–H groups in total. The molecule has 0 saturated carbocycles. The number of carbonyl (C=O) groups is 2. The van der Waals surface area contributed by atoms with Crippen LogP contribution >= 0.6 is 0 Å². The number of nitrogens with zero attached hydrogens (tertiary/aromatic N) is 2. The minimum atomic E-state index is -3.67. The Morgan fingerprint density at radius 3 is 2.19 bits per heavy atom. The molecule has 7 nitrogen and oxygen atoms in total. The maximum Gasteiger partial charge on any atom is 0.411 e. The number of ether oxygens (including phenoxy) is 1. The van der Waals surface area contributed by atoms with Gasteiger partial charge < -0.3 is 9.64 Å². The van der Waals surface area contributed by atoms with Crippen molar-refractivity contribution < 1.29 is 22.7 Å². The number of hydrogen-bond donors (Lipinski definition) is 0. The van der Waals surface area contributed by atoms with Crippen molar-refractivity contribution >= 4 is 21.8 Å². The van der Waals surface area contributed by atoms with E-state index in [2.05, 4.69) is 0 Å².